The van der Waals surface area contributed by atoms with Crippen molar-refractivity contribution in [1.82, 2.24) is 25.4 Å². The summed E-state index contributed by atoms with van der Waals surface area (Å²) in [5.41, 5.74) is 4.03. The first-order chi connectivity index (χ1) is 16.7. The lowest BCUT2D eigenvalue weighted by atomic mass is 9.92. The van der Waals surface area contributed by atoms with Crippen LogP contribution in [0.25, 0.3) is 11.6 Å². The molecule has 1 aromatic carbocycles. The van der Waals surface area contributed by atoms with Crippen LogP contribution < -0.4 is 5.32 Å². The zero-order valence-electron chi connectivity index (χ0n) is 20.5. The Kier molecular flexibility index (Phi) is 4.81. The number of carbonyl (C=O) groups is 1. The Balaban J connectivity index is 1.36. The van der Waals surface area contributed by atoms with Crippen LogP contribution in [-0.4, -0.2) is 45.2 Å². The Morgan fingerprint density at radius 1 is 1.33 bits per heavy atom. The summed E-state index contributed by atoms with van der Waals surface area (Å²) in [5.74, 6) is 0.122. The summed E-state index contributed by atoms with van der Waals surface area (Å²) in [4.78, 5) is 18.5. The summed E-state index contributed by atoms with van der Waals surface area (Å²) in [5, 5.41) is 21.0. The van der Waals surface area contributed by atoms with E-state index < -0.39 is 12.5 Å². The maximum absolute atomic E-state index is 12.1. The van der Waals surface area contributed by atoms with Gasteiger partial charge in [-0.15, -0.1) is 10.2 Å². The summed E-state index contributed by atoms with van der Waals surface area (Å²) in [7, 11) is 0. The fourth-order valence-electron chi connectivity index (χ4n) is 4.45. The van der Waals surface area contributed by atoms with E-state index in [-0.39, 0.29) is 17.6 Å². The van der Waals surface area contributed by atoms with Gasteiger partial charge in [-0.1, -0.05) is 6.07 Å². The Bertz CT molecular complexity index is 1370. The number of esters is 1. The van der Waals surface area contributed by atoms with E-state index >= 15 is 0 Å². The highest BCUT2D eigenvalue weighted by atomic mass is 16.5. The molecular weight excluding hydrogens is 420 g/mol. The van der Waals surface area contributed by atoms with Crippen LogP contribution in [0.15, 0.2) is 28.8 Å². The van der Waals surface area contributed by atoms with Crippen LogP contribution in [0.5, 0.6) is 0 Å². The van der Waals surface area contributed by atoms with Gasteiger partial charge in [0.1, 0.15) is 18.3 Å². The third-order valence-corrected chi connectivity index (χ3v) is 6.08. The molecule has 2 aromatic heterocycles. The van der Waals surface area contributed by atoms with Crippen molar-refractivity contribution < 1.29 is 16.7 Å². The number of carbonyl (C=O) groups excluding carboxylic acids is 1. The van der Waals surface area contributed by atoms with E-state index in [1.807, 2.05) is 19.9 Å². The molecule has 33 heavy (non-hydrogen) atoms. The van der Waals surface area contributed by atoms with Crippen LogP contribution in [0.2, 0.25) is 0 Å². The standard InChI is InChI=1S/C24H24N6O3/c1-13-6-20(26-8-16(13)7-25)23-29-28-22(33-23)11-30-9-14(2)27-21(10-30)17-4-5-18-19(15(17)3)12-32-24(18)31/h4-6,8,14,21,27H,9-12H2,1-3H3/t14-,21-/m0/s1/i12D2. The third kappa shape index (κ3) is 3.99. The van der Waals surface area contributed by atoms with Gasteiger partial charge in [0, 0.05) is 36.9 Å². The molecule has 0 saturated carbocycles. The molecule has 4 heterocycles. The van der Waals surface area contributed by atoms with Crippen molar-refractivity contribution in [3.8, 4) is 17.7 Å². The molecule has 2 aliphatic rings. The second-order valence-corrected chi connectivity index (χ2v) is 8.51. The number of aryl methyl sites for hydroxylation is 1. The molecule has 9 heteroatoms. The Morgan fingerprint density at radius 2 is 2.18 bits per heavy atom. The number of ether oxygens (including phenoxy) is 1. The minimum absolute atomic E-state index is 0.0826. The highest BCUT2D eigenvalue weighted by Gasteiger charge is 2.30. The van der Waals surface area contributed by atoms with E-state index in [0.29, 0.717) is 47.3 Å². The SMILES string of the molecule is [2H]C1([2H])OC(=O)c2ccc([C@@H]3CN(Cc4nnc(-c5cc(C)c(C#N)cn5)o4)C[C@H](C)N3)c(C)c21. The van der Waals surface area contributed by atoms with E-state index in [9.17, 15) is 4.79 Å². The van der Waals surface area contributed by atoms with E-state index in [1.54, 1.807) is 12.1 Å². The number of pyridine rings is 1. The minimum Gasteiger partial charge on any atom is -0.457 e. The van der Waals surface area contributed by atoms with Crippen molar-refractivity contribution in [2.45, 2.75) is 46.0 Å². The maximum Gasteiger partial charge on any atom is 0.338 e. The molecule has 0 spiro atoms. The van der Waals surface area contributed by atoms with Gasteiger partial charge >= 0.3 is 5.97 Å². The first kappa shape index (κ1) is 18.9. The van der Waals surface area contributed by atoms with Crippen LogP contribution in [-0.2, 0) is 17.8 Å². The lowest BCUT2D eigenvalue weighted by molar-refractivity contribution is 0.0535. The van der Waals surface area contributed by atoms with Gasteiger partial charge in [0.15, 0.2) is 0 Å². The highest BCUT2D eigenvalue weighted by Crippen LogP contribution is 2.31. The number of hydrogen-bond donors (Lipinski definition) is 1. The number of nitrogens with one attached hydrogen (secondary N) is 1. The van der Waals surface area contributed by atoms with Crippen LogP contribution in [0.1, 0.15) is 59.8 Å². The molecule has 1 saturated heterocycles. The van der Waals surface area contributed by atoms with Gasteiger partial charge in [-0.2, -0.15) is 5.26 Å². The fraction of sp³-hybridized carbons (Fsp3) is 0.375. The molecule has 0 aliphatic carbocycles. The van der Waals surface area contributed by atoms with Gasteiger partial charge in [-0.05, 0) is 49.6 Å². The molecule has 2 aliphatic heterocycles. The van der Waals surface area contributed by atoms with E-state index in [2.05, 4.69) is 38.4 Å². The lowest BCUT2D eigenvalue weighted by Gasteiger charge is -2.38. The number of nitriles is 1. The first-order valence-corrected chi connectivity index (χ1v) is 10.7. The topological polar surface area (TPSA) is 117 Å². The van der Waals surface area contributed by atoms with E-state index in [4.69, 9.17) is 17.2 Å². The maximum atomic E-state index is 12.1. The molecule has 1 fully saturated rings. The van der Waals surface area contributed by atoms with Crippen LogP contribution in [0, 0.1) is 25.2 Å². The van der Waals surface area contributed by atoms with Crippen molar-refractivity contribution in [2.75, 3.05) is 13.1 Å². The number of rotatable bonds is 4. The molecule has 0 bridgehead atoms. The summed E-state index contributed by atoms with van der Waals surface area (Å²) in [6, 6.07) is 7.43. The van der Waals surface area contributed by atoms with E-state index in [1.165, 1.54) is 6.20 Å². The number of benzene rings is 1. The number of fused-ring (bicyclic) bond motifs is 1. The number of piperazine rings is 1. The second kappa shape index (κ2) is 8.39. The number of aromatic nitrogens is 3. The minimum atomic E-state index is -2.13. The molecule has 1 N–H and O–H groups in total. The largest absolute Gasteiger partial charge is 0.457 e. The molecule has 0 radical (unpaired) electrons. The molecular formula is C24H24N6O3. The predicted molar refractivity (Wildman–Crippen MR) is 118 cm³/mol. The third-order valence-electron chi connectivity index (χ3n) is 6.08. The smallest absolute Gasteiger partial charge is 0.338 e. The first-order valence-electron chi connectivity index (χ1n) is 11.7. The van der Waals surface area contributed by atoms with Crippen molar-refractivity contribution in [2.24, 2.45) is 0 Å². The van der Waals surface area contributed by atoms with Gasteiger partial charge in [-0.25, -0.2) is 9.78 Å². The van der Waals surface area contributed by atoms with Gasteiger partial charge in [-0.3, -0.25) is 4.90 Å². The normalized spacial score (nSPS) is 22.8. The van der Waals surface area contributed by atoms with Gasteiger partial charge in [0.2, 0.25) is 5.89 Å². The van der Waals surface area contributed by atoms with Crippen LogP contribution in [0.4, 0.5) is 0 Å². The average Bonchev–Trinajstić information content (AvgIpc) is 3.35. The predicted octanol–water partition coefficient (Wildman–Crippen LogP) is 2.83. The molecule has 0 amide bonds. The highest BCUT2D eigenvalue weighted by molar-refractivity contribution is 5.94. The van der Waals surface area contributed by atoms with E-state index in [0.717, 1.165) is 17.7 Å². The molecule has 2 atom stereocenters. The number of nitrogens with zero attached hydrogens (tertiary/aromatic N) is 5. The zero-order chi connectivity index (χ0) is 24.9. The van der Waals surface area contributed by atoms with Crippen molar-refractivity contribution in [3.05, 3.63) is 63.7 Å². The quantitative estimate of drug-likeness (QED) is 0.604. The van der Waals surface area contributed by atoms with Gasteiger partial charge < -0.3 is 14.5 Å². The lowest BCUT2D eigenvalue weighted by Crippen LogP contribution is -2.50. The van der Waals surface area contributed by atoms with Crippen molar-refractivity contribution in [1.29, 1.82) is 5.26 Å². The van der Waals surface area contributed by atoms with Crippen molar-refractivity contribution >= 4 is 5.97 Å². The molecule has 168 valence electrons. The monoisotopic (exact) mass is 446 g/mol. The zero-order valence-corrected chi connectivity index (χ0v) is 18.5. The summed E-state index contributed by atoms with van der Waals surface area (Å²) in [6.45, 7) is 5.44. The summed E-state index contributed by atoms with van der Waals surface area (Å²) >= 11 is 0. The van der Waals surface area contributed by atoms with Crippen molar-refractivity contribution in [3.63, 3.8) is 0 Å². The molecule has 9 nitrogen and oxygen atoms in total. The molecule has 3 aromatic rings. The Labute approximate surface area is 194 Å². The summed E-state index contributed by atoms with van der Waals surface area (Å²) < 4.78 is 27.1. The Hall–Kier alpha value is -3.61. The second-order valence-electron chi connectivity index (χ2n) is 8.51. The van der Waals surface area contributed by atoms with Crippen LogP contribution >= 0.6 is 0 Å². The molecule has 0 unspecified atom stereocenters. The van der Waals surface area contributed by atoms with Crippen LogP contribution in [0.3, 0.4) is 0 Å². The summed E-state index contributed by atoms with van der Waals surface area (Å²) in [6.07, 6.45) is 1.50. The number of cyclic esters (lactones) is 1. The van der Waals surface area contributed by atoms with Gasteiger partial charge in [0.25, 0.3) is 5.89 Å². The fourth-order valence-corrected chi connectivity index (χ4v) is 4.45. The molecule has 5 rings (SSSR count). The Morgan fingerprint density at radius 3 is 2.97 bits per heavy atom. The average molecular weight is 447 g/mol. The van der Waals surface area contributed by atoms with Gasteiger partial charge in [0.05, 0.1) is 20.4 Å². The number of hydrogen-bond acceptors (Lipinski definition) is 9.